The first kappa shape index (κ1) is 18.4. The van der Waals surface area contributed by atoms with Gasteiger partial charge in [0.1, 0.15) is 0 Å². The average molecular weight is 344 g/mol. The molecule has 1 saturated heterocycles. The van der Waals surface area contributed by atoms with E-state index in [0.717, 1.165) is 39.4 Å². The van der Waals surface area contributed by atoms with E-state index in [-0.39, 0.29) is 11.8 Å². The van der Waals surface area contributed by atoms with E-state index >= 15 is 0 Å². The Morgan fingerprint density at radius 2 is 1.84 bits per heavy atom. The number of benzene rings is 1. The number of morpholine rings is 1. The number of hydrogen-bond donors (Lipinski definition) is 1. The Labute approximate surface area is 151 Å². The summed E-state index contributed by atoms with van der Waals surface area (Å²) in [6.07, 6.45) is 6.18. The molecule has 1 aromatic carbocycles. The van der Waals surface area contributed by atoms with E-state index < -0.39 is 0 Å². The summed E-state index contributed by atoms with van der Waals surface area (Å²) in [4.78, 5) is 15.4. The molecule has 1 atom stereocenters. The fourth-order valence-corrected chi connectivity index (χ4v) is 4.15. The van der Waals surface area contributed by atoms with Crippen molar-refractivity contribution in [2.75, 3.05) is 39.4 Å². The molecule has 1 aliphatic heterocycles. The zero-order chi connectivity index (χ0) is 17.5. The quantitative estimate of drug-likeness (QED) is 0.862. The maximum Gasteiger partial charge on any atom is 0.227 e. The first-order valence-electron chi connectivity index (χ1n) is 9.88. The number of carbonyl (C=O) groups excluding carboxylic acids is 1. The molecule has 1 aliphatic carbocycles. The summed E-state index contributed by atoms with van der Waals surface area (Å²) in [6.45, 7) is 7.31. The molecule has 4 nitrogen and oxygen atoms in total. The van der Waals surface area contributed by atoms with Crippen LogP contribution in [0, 0.1) is 12.8 Å². The van der Waals surface area contributed by atoms with Crippen LogP contribution in [0.1, 0.15) is 49.1 Å². The topological polar surface area (TPSA) is 41.6 Å². The van der Waals surface area contributed by atoms with Crippen LogP contribution in [0.4, 0.5) is 0 Å². The highest BCUT2D eigenvalue weighted by molar-refractivity contribution is 5.84. The van der Waals surface area contributed by atoms with E-state index in [1.165, 1.54) is 43.2 Å². The van der Waals surface area contributed by atoms with Crippen LogP contribution in [0.25, 0.3) is 0 Å². The Bertz CT molecular complexity index is 531. The lowest BCUT2D eigenvalue weighted by atomic mass is 9.76. The molecule has 4 heteroatoms. The second-order valence-electron chi connectivity index (χ2n) is 7.53. The summed E-state index contributed by atoms with van der Waals surface area (Å²) in [6, 6.07) is 8.56. The Morgan fingerprint density at radius 1 is 1.16 bits per heavy atom. The fraction of sp³-hybridized carbons (Fsp3) is 0.667. The summed E-state index contributed by atoms with van der Waals surface area (Å²) < 4.78 is 5.38. The van der Waals surface area contributed by atoms with E-state index in [2.05, 4.69) is 41.4 Å². The Hall–Kier alpha value is -1.39. The first-order valence-corrected chi connectivity index (χ1v) is 9.88. The third-order valence-corrected chi connectivity index (χ3v) is 5.67. The molecular weight excluding hydrogens is 312 g/mol. The Morgan fingerprint density at radius 3 is 2.52 bits per heavy atom. The van der Waals surface area contributed by atoms with Gasteiger partial charge in [0.05, 0.1) is 19.1 Å². The van der Waals surface area contributed by atoms with Crippen molar-refractivity contribution >= 4 is 5.91 Å². The molecular formula is C21H32N2O2. The summed E-state index contributed by atoms with van der Waals surface area (Å²) in [5.41, 5.74) is 2.43. The highest BCUT2D eigenvalue weighted by Gasteiger charge is 2.30. The molecule has 1 N–H and O–H groups in total. The van der Waals surface area contributed by atoms with Gasteiger partial charge in [0, 0.05) is 26.2 Å². The first-order chi connectivity index (χ1) is 12.2. The van der Waals surface area contributed by atoms with Crippen molar-refractivity contribution in [3.05, 3.63) is 35.4 Å². The molecule has 0 bridgehead atoms. The molecule has 0 spiro atoms. The number of carbonyl (C=O) groups is 1. The lowest BCUT2D eigenvalue weighted by Crippen LogP contribution is -2.43. The third kappa shape index (κ3) is 5.29. The normalized spacial score (nSPS) is 21.0. The molecule has 0 radical (unpaired) electrons. The zero-order valence-electron chi connectivity index (χ0n) is 15.5. The van der Waals surface area contributed by atoms with Crippen molar-refractivity contribution in [1.82, 2.24) is 10.2 Å². The predicted octanol–water partition coefficient (Wildman–Crippen LogP) is 3.11. The summed E-state index contributed by atoms with van der Waals surface area (Å²) in [5, 5.41) is 3.22. The van der Waals surface area contributed by atoms with Crippen molar-refractivity contribution in [2.24, 2.45) is 5.92 Å². The van der Waals surface area contributed by atoms with Gasteiger partial charge in [-0.2, -0.15) is 0 Å². The van der Waals surface area contributed by atoms with Gasteiger partial charge in [-0.05, 0) is 31.2 Å². The van der Waals surface area contributed by atoms with Gasteiger partial charge in [-0.15, -0.1) is 0 Å². The molecule has 2 fully saturated rings. The molecule has 2 aliphatic rings. The lowest BCUT2D eigenvalue weighted by molar-refractivity contribution is -0.124. The van der Waals surface area contributed by atoms with E-state index in [0.29, 0.717) is 5.92 Å². The minimum atomic E-state index is 0.00518. The average Bonchev–Trinajstić information content (AvgIpc) is 2.65. The second kappa shape index (κ2) is 9.35. The SMILES string of the molecule is Cc1ccc(C(C(=O)NCCN2CCOCC2)C2CCCCC2)cc1. The number of nitrogens with zero attached hydrogens (tertiary/aromatic N) is 1. The number of hydrogen-bond acceptors (Lipinski definition) is 3. The van der Waals surface area contributed by atoms with Crippen molar-refractivity contribution in [3.63, 3.8) is 0 Å². The van der Waals surface area contributed by atoms with Gasteiger partial charge in [-0.25, -0.2) is 0 Å². The molecule has 1 unspecified atom stereocenters. The monoisotopic (exact) mass is 344 g/mol. The van der Waals surface area contributed by atoms with Crippen LogP contribution in [0.3, 0.4) is 0 Å². The third-order valence-electron chi connectivity index (χ3n) is 5.67. The van der Waals surface area contributed by atoms with Crippen LogP contribution in [-0.2, 0) is 9.53 Å². The molecule has 138 valence electrons. The molecule has 25 heavy (non-hydrogen) atoms. The lowest BCUT2D eigenvalue weighted by Gasteiger charge is -2.31. The molecule has 1 saturated carbocycles. The van der Waals surface area contributed by atoms with Gasteiger partial charge < -0.3 is 10.1 Å². The van der Waals surface area contributed by atoms with Crippen molar-refractivity contribution in [1.29, 1.82) is 0 Å². The van der Waals surface area contributed by atoms with Crippen LogP contribution in [0.15, 0.2) is 24.3 Å². The number of aryl methyl sites for hydroxylation is 1. The van der Waals surface area contributed by atoms with Crippen molar-refractivity contribution < 1.29 is 9.53 Å². The van der Waals surface area contributed by atoms with Crippen LogP contribution in [0.2, 0.25) is 0 Å². The van der Waals surface area contributed by atoms with Gasteiger partial charge in [0.2, 0.25) is 5.91 Å². The zero-order valence-corrected chi connectivity index (χ0v) is 15.5. The maximum absolute atomic E-state index is 13.0. The van der Waals surface area contributed by atoms with Gasteiger partial charge in [0.25, 0.3) is 0 Å². The van der Waals surface area contributed by atoms with Crippen LogP contribution in [-0.4, -0.2) is 50.2 Å². The smallest absolute Gasteiger partial charge is 0.227 e. The minimum absolute atomic E-state index is 0.00518. The Balaban J connectivity index is 1.61. The summed E-state index contributed by atoms with van der Waals surface area (Å²) >= 11 is 0. The number of ether oxygens (including phenoxy) is 1. The van der Waals surface area contributed by atoms with Gasteiger partial charge >= 0.3 is 0 Å². The van der Waals surface area contributed by atoms with E-state index in [4.69, 9.17) is 4.74 Å². The van der Waals surface area contributed by atoms with Crippen LogP contribution in [0.5, 0.6) is 0 Å². The van der Waals surface area contributed by atoms with Crippen molar-refractivity contribution in [3.8, 4) is 0 Å². The standard InChI is InChI=1S/C21H32N2O2/c1-17-7-9-19(10-8-17)20(18-5-3-2-4-6-18)21(24)22-11-12-23-13-15-25-16-14-23/h7-10,18,20H,2-6,11-16H2,1H3,(H,22,24). The fourth-order valence-electron chi connectivity index (χ4n) is 4.15. The molecule has 3 rings (SSSR count). The van der Waals surface area contributed by atoms with Gasteiger partial charge in [-0.1, -0.05) is 49.1 Å². The molecule has 1 heterocycles. The van der Waals surface area contributed by atoms with Crippen LogP contribution < -0.4 is 5.32 Å². The summed E-state index contributed by atoms with van der Waals surface area (Å²) in [5.74, 6) is 0.703. The number of amides is 1. The van der Waals surface area contributed by atoms with Crippen LogP contribution >= 0.6 is 0 Å². The van der Waals surface area contributed by atoms with Gasteiger partial charge in [-0.3, -0.25) is 9.69 Å². The summed E-state index contributed by atoms with van der Waals surface area (Å²) in [7, 11) is 0. The largest absolute Gasteiger partial charge is 0.379 e. The second-order valence-corrected chi connectivity index (χ2v) is 7.53. The molecule has 0 aromatic heterocycles. The minimum Gasteiger partial charge on any atom is -0.379 e. The van der Waals surface area contributed by atoms with E-state index in [9.17, 15) is 4.79 Å². The van der Waals surface area contributed by atoms with E-state index in [1.54, 1.807) is 0 Å². The van der Waals surface area contributed by atoms with E-state index in [1.807, 2.05) is 0 Å². The molecule has 1 amide bonds. The number of rotatable bonds is 6. The maximum atomic E-state index is 13.0. The number of nitrogens with one attached hydrogen (secondary N) is 1. The predicted molar refractivity (Wildman–Crippen MR) is 101 cm³/mol. The van der Waals surface area contributed by atoms with Gasteiger partial charge in [0.15, 0.2) is 0 Å². The highest BCUT2D eigenvalue weighted by Crippen LogP contribution is 2.36. The highest BCUT2D eigenvalue weighted by atomic mass is 16.5. The van der Waals surface area contributed by atoms with Crippen molar-refractivity contribution in [2.45, 2.75) is 44.9 Å². The Kier molecular flexibility index (Phi) is 6.88. The molecule has 1 aromatic rings.